The smallest absolute Gasteiger partial charge is 0.136 e. The number of fused-ring (bicyclic) bond motifs is 9. The highest BCUT2D eigenvalue weighted by Gasteiger charge is 2.25. The van der Waals surface area contributed by atoms with Crippen molar-refractivity contribution >= 4 is 33.3 Å². The van der Waals surface area contributed by atoms with Gasteiger partial charge in [-0.3, -0.25) is 0 Å². The van der Waals surface area contributed by atoms with Crippen LogP contribution < -0.4 is 10.7 Å². The van der Waals surface area contributed by atoms with Crippen LogP contribution in [-0.2, 0) is 0 Å². The molecule has 152 valence electrons. The van der Waals surface area contributed by atoms with Crippen molar-refractivity contribution in [1.82, 2.24) is 0 Å². The molecule has 6 aromatic rings. The van der Waals surface area contributed by atoms with Crippen molar-refractivity contribution in [2.45, 2.75) is 0 Å². The summed E-state index contributed by atoms with van der Waals surface area (Å²) in [5.41, 5.74) is 8.41. The Balaban J connectivity index is 1.51. The van der Waals surface area contributed by atoms with E-state index in [0.29, 0.717) is 0 Å². The minimum atomic E-state index is 0.900. The van der Waals surface area contributed by atoms with Crippen LogP contribution in [0.3, 0.4) is 0 Å². The monoisotopic (exact) mass is 420 g/mol. The van der Waals surface area contributed by atoms with Crippen molar-refractivity contribution in [3.05, 3.63) is 118 Å². The second kappa shape index (κ2) is 6.05. The average molecular weight is 420 g/mol. The molecule has 0 bridgehead atoms. The van der Waals surface area contributed by atoms with E-state index in [4.69, 9.17) is 14.4 Å². The summed E-state index contributed by atoms with van der Waals surface area (Å²) in [6.07, 6.45) is 0. The summed E-state index contributed by atoms with van der Waals surface area (Å²) in [7, 11) is 0. The number of para-hydroxylation sites is 2. The molecule has 5 aromatic carbocycles. The van der Waals surface area contributed by atoms with E-state index in [-0.39, 0.29) is 0 Å². The predicted octanol–water partition coefficient (Wildman–Crippen LogP) is 6.74. The number of benzene rings is 5. The Morgan fingerprint density at radius 3 is 2.33 bits per heavy atom. The van der Waals surface area contributed by atoms with E-state index in [1.165, 1.54) is 10.4 Å². The van der Waals surface area contributed by atoms with Crippen molar-refractivity contribution in [2.75, 3.05) is 0 Å². The van der Waals surface area contributed by atoms with Gasteiger partial charge in [0.15, 0.2) is 0 Å². The fraction of sp³-hybridized carbons (Fsp3) is 0. The molecule has 0 N–H and O–H groups in total. The molecular weight excluding hydrogens is 404 g/mol. The lowest BCUT2D eigenvalue weighted by Crippen LogP contribution is -2.01. The van der Waals surface area contributed by atoms with E-state index in [2.05, 4.69) is 72.8 Å². The van der Waals surface area contributed by atoms with Gasteiger partial charge in [-0.15, -0.1) is 0 Å². The summed E-state index contributed by atoms with van der Waals surface area (Å²) in [5, 5.41) is 6.64. The average Bonchev–Trinajstić information content (AvgIpc) is 3.54. The topological polar surface area (TPSA) is 37.9 Å². The van der Waals surface area contributed by atoms with Gasteiger partial charge in [0, 0.05) is 32.3 Å². The molecule has 3 nitrogen and oxygen atoms in total. The summed E-state index contributed by atoms with van der Waals surface area (Å²) >= 11 is 0. The van der Waals surface area contributed by atoms with Crippen LogP contribution in [0.1, 0.15) is 0 Å². The van der Waals surface area contributed by atoms with Crippen LogP contribution in [0, 0.1) is 10.4 Å². The number of furan rings is 1. The predicted molar refractivity (Wildman–Crippen MR) is 130 cm³/mol. The standard InChI is InChI=1S/C30H16N2O/c1-3-11-22-17(7-1)20-15-16-24-29(30(20)32-22)28-19(9-5-12-23(28)31-24)18-10-6-14-26-27(18)21-8-2-4-13-25(21)33-26/h1-16H. The molecule has 0 radical (unpaired) electrons. The Morgan fingerprint density at radius 1 is 0.515 bits per heavy atom. The molecule has 0 aliphatic carbocycles. The Kier molecular flexibility index (Phi) is 3.14. The molecule has 2 aliphatic heterocycles. The molecule has 0 saturated heterocycles. The van der Waals surface area contributed by atoms with E-state index in [0.717, 1.165) is 66.3 Å². The van der Waals surface area contributed by atoms with Crippen molar-refractivity contribution in [2.24, 2.45) is 9.98 Å². The van der Waals surface area contributed by atoms with Gasteiger partial charge < -0.3 is 4.42 Å². The van der Waals surface area contributed by atoms with Gasteiger partial charge in [-0.1, -0.05) is 60.7 Å². The van der Waals surface area contributed by atoms with Crippen LogP contribution >= 0.6 is 0 Å². The van der Waals surface area contributed by atoms with E-state index >= 15 is 0 Å². The molecule has 0 fully saturated rings. The summed E-state index contributed by atoms with van der Waals surface area (Å²) in [5.74, 6) is 0. The maximum atomic E-state index is 6.18. The molecule has 8 rings (SSSR count). The van der Waals surface area contributed by atoms with Gasteiger partial charge in [-0.05, 0) is 47.5 Å². The Morgan fingerprint density at radius 2 is 1.33 bits per heavy atom. The van der Waals surface area contributed by atoms with Crippen LogP contribution in [0.4, 0.5) is 11.4 Å². The van der Waals surface area contributed by atoms with Crippen LogP contribution in [0.25, 0.3) is 44.2 Å². The zero-order chi connectivity index (χ0) is 21.5. The van der Waals surface area contributed by atoms with Crippen molar-refractivity contribution < 1.29 is 4.42 Å². The molecule has 1 aromatic heterocycles. The van der Waals surface area contributed by atoms with Gasteiger partial charge in [0.25, 0.3) is 0 Å². The number of hydrogen-bond donors (Lipinski definition) is 0. The Bertz CT molecular complexity index is 2030. The fourth-order valence-corrected chi connectivity index (χ4v) is 5.42. The first kappa shape index (κ1) is 17.1. The third-order valence-electron chi connectivity index (χ3n) is 6.81. The molecule has 0 atom stereocenters. The lowest BCUT2D eigenvalue weighted by Gasteiger charge is -2.12. The van der Waals surface area contributed by atoms with Crippen molar-refractivity contribution in [3.8, 4) is 22.3 Å². The van der Waals surface area contributed by atoms with E-state index in [9.17, 15) is 0 Å². The summed E-state index contributed by atoms with van der Waals surface area (Å²) in [4.78, 5) is 10.0. The quantitative estimate of drug-likeness (QED) is 0.290. The van der Waals surface area contributed by atoms with Crippen LogP contribution in [-0.4, -0.2) is 0 Å². The number of hydrogen-bond acceptors (Lipinski definition) is 3. The molecule has 0 amide bonds. The van der Waals surface area contributed by atoms with Crippen molar-refractivity contribution in [3.63, 3.8) is 0 Å². The molecule has 3 heteroatoms. The molecule has 2 aliphatic rings. The highest BCUT2D eigenvalue weighted by atomic mass is 16.3. The van der Waals surface area contributed by atoms with Crippen molar-refractivity contribution in [1.29, 1.82) is 0 Å². The molecule has 0 saturated carbocycles. The molecule has 3 heterocycles. The first-order chi connectivity index (χ1) is 16.4. The van der Waals surface area contributed by atoms with E-state index < -0.39 is 0 Å². The molecule has 0 spiro atoms. The Labute approximate surface area is 188 Å². The zero-order valence-electron chi connectivity index (χ0n) is 17.5. The maximum Gasteiger partial charge on any atom is 0.136 e. The van der Waals surface area contributed by atoms with Gasteiger partial charge >= 0.3 is 0 Å². The van der Waals surface area contributed by atoms with Gasteiger partial charge in [0.1, 0.15) is 11.2 Å². The number of nitrogens with zero attached hydrogens (tertiary/aromatic N) is 2. The van der Waals surface area contributed by atoms with Gasteiger partial charge in [-0.25, -0.2) is 9.98 Å². The van der Waals surface area contributed by atoms with E-state index in [1.807, 2.05) is 24.3 Å². The van der Waals surface area contributed by atoms with Gasteiger partial charge in [0.05, 0.1) is 22.1 Å². The van der Waals surface area contributed by atoms with E-state index in [1.54, 1.807) is 0 Å². The molecule has 33 heavy (non-hydrogen) atoms. The largest absolute Gasteiger partial charge is 0.456 e. The van der Waals surface area contributed by atoms with Crippen LogP contribution in [0.5, 0.6) is 0 Å². The maximum absolute atomic E-state index is 6.18. The first-order valence-corrected chi connectivity index (χ1v) is 11.1. The third kappa shape index (κ3) is 2.18. The summed E-state index contributed by atoms with van der Waals surface area (Å²) in [6, 6.07) is 33.6. The normalized spacial score (nSPS) is 12.7. The minimum absolute atomic E-state index is 0.900. The highest BCUT2D eigenvalue weighted by molar-refractivity contribution is 6.14. The van der Waals surface area contributed by atoms with Crippen LogP contribution in [0.15, 0.2) is 111 Å². The lowest BCUT2D eigenvalue weighted by molar-refractivity contribution is 0.669. The lowest BCUT2D eigenvalue weighted by atomic mass is 9.91. The second-order valence-electron chi connectivity index (χ2n) is 8.57. The van der Waals surface area contributed by atoms with Gasteiger partial charge in [-0.2, -0.15) is 0 Å². The number of rotatable bonds is 1. The second-order valence-corrected chi connectivity index (χ2v) is 8.57. The minimum Gasteiger partial charge on any atom is -0.456 e. The van der Waals surface area contributed by atoms with Gasteiger partial charge in [0.2, 0.25) is 0 Å². The highest BCUT2D eigenvalue weighted by Crippen LogP contribution is 2.47. The summed E-state index contributed by atoms with van der Waals surface area (Å²) < 4.78 is 6.18. The molecule has 0 unspecified atom stereocenters. The zero-order valence-corrected chi connectivity index (χ0v) is 17.5. The fourth-order valence-electron chi connectivity index (χ4n) is 5.42. The Hall–Kier alpha value is -4.50. The first-order valence-electron chi connectivity index (χ1n) is 11.1. The third-order valence-corrected chi connectivity index (χ3v) is 6.81. The summed E-state index contributed by atoms with van der Waals surface area (Å²) in [6.45, 7) is 0. The SMILES string of the molecule is c1cc2c(c(-c3cccc4oc5ccccc5c34)c1)-c1c3c(ccc1=N2)=c1ccccc1=N3. The molecular formula is C30H16N2O. The van der Waals surface area contributed by atoms with Crippen LogP contribution in [0.2, 0.25) is 0 Å².